The van der Waals surface area contributed by atoms with Crippen molar-refractivity contribution in [2.75, 3.05) is 19.7 Å². The number of amides is 1. The maximum Gasteiger partial charge on any atom is 0.220 e. The zero-order chi connectivity index (χ0) is 14.1. The van der Waals surface area contributed by atoms with Gasteiger partial charge in [0.1, 0.15) is 0 Å². The van der Waals surface area contributed by atoms with Crippen molar-refractivity contribution in [3.8, 4) is 0 Å². The predicted octanol–water partition coefficient (Wildman–Crippen LogP) is 0.109. The van der Waals surface area contributed by atoms with Gasteiger partial charge >= 0.3 is 0 Å². The van der Waals surface area contributed by atoms with Crippen LogP contribution in [-0.2, 0) is 4.79 Å². The molecule has 5 nitrogen and oxygen atoms in total. The molecule has 1 amide bonds. The summed E-state index contributed by atoms with van der Waals surface area (Å²) < 4.78 is 0. The summed E-state index contributed by atoms with van der Waals surface area (Å²) in [5.74, 6) is 0.864. The largest absolute Gasteiger partial charge is 0.396 e. The molecule has 0 aromatic heterocycles. The average Bonchev–Trinajstić information content (AvgIpc) is 2.46. The number of fused-ring (bicyclic) bond motifs is 1. The van der Waals surface area contributed by atoms with Gasteiger partial charge in [-0.2, -0.15) is 0 Å². The van der Waals surface area contributed by atoms with E-state index in [1.165, 1.54) is 0 Å². The lowest BCUT2D eigenvalue weighted by Gasteiger charge is -2.50. The third kappa shape index (κ3) is 2.85. The van der Waals surface area contributed by atoms with Gasteiger partial charge in [-0.25, -0.2) is 0 Å². The molecule has 3 fully saturated rings. The number of aliphatic hydroxyl groups is 2. The summed E-state index contributed by atoms with van der Waals surface area (Å²) in [6, 6.07) is 0.595. The molecule has 5 atom stereocenters. The summed E-state index contributed by atoms with van der Waals surface area (Å²) >= 11 is 0. The molecule has 0 aliphatic carbocycles. The van der Waals surface area contributed by atoms with Crippen molar-refractivity contribution in [1.29, 1.82) is 0 Å². The van der Waals surface area contributed by atoms with Crippen LogP contribution in [0.2, 0.25) is 0 Å². The molecule has 3 aliphatic heterocycles. The minimum atomic E-state index is -0.212. The maximum absolute atomic E-state index is 11.6. The first-order valence-corrected chi connectivity index (χ1v) is 7.99. The van der Waals surface area contributed by atoms with E-state index in [9.17, 15) is 15.0 Å². The first kappa shape index (κ1) is 14.3. The van der Waals surface area contributed by atoms with Crippen LogP contribution in [-0.4, -0.2) is 58.9 Å². The van der Waals surface area contributed by atoms with E-state index < -0.39 is 0 Å². The fourth-order valence-electron chi connectivity index (χ4n) is 4.34. The Balaban J connectivity index is 1.68. The third-order valence-corrected chi connectivity index (χ3v) is 5.42. The van der Waals surface area contributed by atoms with E-state index in [0.29, 0.717) is 18.4 Å². The molecule has 3 saturated heterocycles. The van der Waals surface area contributed by atoms with Gasteiger partial charge in [0, 0.05) is 38.2 Å². The summed E-state index contributed by atoms with van der Waals surface area (Å²) in [6.45, 7) is 2.10. The van der Waals surface area contributed by atoms with Crippen LogP contribution in [0.1, 0.15) is 38.5 Å². The molecule has 0 aromatic rings. The van der Waals surface area contributed by atoms with Gasteiger partial charge in [0.05, 0.1) is 6.10 Å². The lowest BCUT2D eigenvalue weighted by molar-refractivity contribution is -0.124. The Morgan fingerprint density at radius 2 is 2.15 bits per heavy atom. The Kier molecular flexibility index (Phi) is 4.29. The molecular formula is C15H26N2O3. The van der Waals surface area contributed by atoms with Crippen molar-refractivity contribution in [3.05, 3.63) is 0 Å². The van der Waals surface area contributed by atoms with Crippen molar-refractivity contribution in [1.82, 2.24) is 10.2 Å². The fourth-order valence-corrected chi connectivity index (χ4v) is 4.34. The number of carbonyl (C=O) groups excluding carboxylic acids is 1. The van der Waals surface area contributed by atoms with Crippen LogP contribution in [0.4, 0.5) is 0 Å². The minimum Gasteiger partial charge on any atom is -0.396 e. The molecule has 0 radical (unpaired) electrons. The van der Waals surface area contributed by atoms with E-state index in [-0.39, 0.29) is 30.6 Å². The summed E-state index contributed by atoms with van der Waals surface area (Å²) in [5, 5.41) is 22.7. The highest BCUT2D eigenvalue weighted by Gasteiger charge is 2.42. The second-order valence-electron chi connectivity index (χ2n) is 6.75. The molecule has 3 aliphatic rings. The number of hydrogen-bond donors (Lipinski definition) is 3. The molecule has 3 heterocycles. The summed E-state index contributed by atoms with van der Waals surface area (Å²) in [4.78, 5) is 14.0. The summed E-state index contributed by atoms with van der Waals surface area (Å²) in [7, 11) is 0. The van der Waals surface area contributed by atoms with E-state index in [1.54, 1.807) is 0 Å². The monoisotopic (exact) mass is 282 g/mol. The van der Waals surface area contributed by atoms with Gasteiger partial charge in [-0.15, -0.1) is 0 Å². The number of aliphatic hydroxyl groups excluding tert-OH is 2. The van der Waals surface area contributed by atoms with Crippen LogP contribution in [0.15, 0.2) is 0 Å². The quantitative estimate of drug-likeness (QED) is 0.672. The van der Waals surface area contributed by atoms with Crippen molar-refractivity contribution in [3.63, 3.8) is 0 Å². The minimum absolute atomic E-state index is 0.179. The molecule has 0 spiro atoms. The first-order valence-electron chi connectivity index (χ1n) is 7.99. The number of nitrogens with one attached hydrogen (secondary N) is 1. The average molecular weight is 282 g/mol. The highest BCUT2D eigenvalue weighted by molar-refractivity contribution is 5.76. The molecule has 3 rings (SSSR count). The Morgan fingerprint density at radius 1 is 1.30 bits per heavy atom. The normalized spacial score (nSPS) is 42.9. The van der Waals surface area contributed by atoms with Crippen molar-refractivity contribution in [2.45, 2.75) is 56.7 Å². The first-order chi connectivity index (χ1) is 9.67. The molecule has 114 valence electrons. The highest BCUT2D eigenvalue weighted by Crippen LogP contribution is 2.36. The van der Waals surface area contributed by atoms with Gasteiger partial charge in [-0.05, 0) is 43.9 Å². The molecule has 20 heavy (non-hydrogen) atoms. The van der Waals surface area contributed by atoms with Gasteiger partial charge in [0.2, 0.25) is 5.91 Å². The zero-order valence-corrected chi connectivity index (χ0v) is 12.0. The van der Waals surface area contributed by atoms with E-state index in [4.69, 9.17) is 0 Å². The smallest absolute Gasteiger partial charge is 0.220 e. The van der Waals surface area contributed by atoms with Gasteiger partial charge in [0.25, 0.3) is 0 Å². The highest BCUT2D eigenvalue weighted by atomic mass is 16.3. The Labute approximate surface area is 120 Å². The molecule has 3 N–H and O–H groups in total. The van der Waals surface area contributed by atoms with Crippen molar-refractivity contribution in [2.24, 2.45) is 11.8 Å². The number of carbonyl (C=O) groups is 1. The number of nitrogens with zero attached hydrogens (tertiary/aromatic N) is 1. The molecular weight excluding hydrogens is 256 g/mol. The lowest BCUT2D eigenvalue weighted by atomic mass is 9.75. The van der Waals surface area contributed by atoms with Crippen molar-refractivity contribution < 1.29 is 15.0 Å². The molecule has 0 bridgehead atoms. The summed E-state index contributed by atoms with van der Waals surface area (Å²) in [6.07, 6.45) is 5.08. The van der Waals surface area contributed by atoms with Crippen LogP contribution in [0.3, 0.4) is 0 Å². The topological polar surface area (TPSA) is 72.8 Å². The van der Waals surface area contributed by atoms with Crippen LogP contribution in [0.5, 0.6) is 0 Å². The van der Waals surface area contributed by atoms with E-state index in [1.807, 2.05) is 0 Å². The van der Waals surface area contributed by atoms with Crippen LogP contribution >= 0.6 is 0 Å². The molecule has 5 heteroatoms. The van der Waals surface area contributed by atoms with E-state index in [0.717, 1.165) is 45.2 Å². The lowest BCUT2D eigenvalue weighted by Crippen LogP contribution is -2.58. The standard InChI is InChI=1S/C15H26N2O3/c18-9-11-6-10(13-2-1-3-15(20)16-13)8-17-5-4-12(19)7-14(11)17/h10-14,18-19H,1-9H2,(H,16,20). The molecule has 0 saturated carbocycles. The fraction of sp³-hybridized carbons (Fsp3) is 0.933. The Morgan fingerprint density at radius 3 is 2.90 bits per heavy atom. The molecule has 0 aromatic carbocycles. The third-order valence-electron chi connectivity index (χ3n) is 5.42. The van der Waals surface area contributed by atoms with E-state index in [2.05, 4.69) is 10.2 Å². The number of rotatable bonds is 2. The predicted molar refractivity (Wildman–Crippen MR) is 75.1 cm³/mol. The number of hydrogen-bond acceptors (Lipinski definition) is 4. The summed E-state index contributed by atoms with van der Waals surface area (Å²) in [5.41, 5.74) is 0. The number of piperidine rings is 3. The zero-order valence-electron chi connectivity index (χ0n) is 12.0. The van der Waals surface area contributed by atoms with Gasteiger partial charge < -0.3 is 15.5 Å². The van der Waals surface area contributed by atoms with Crippen molar-refractivity contribution >= 4 is 5.91 Å². The van der Waals surface area contributed by atoms with Crippen LogP contribution in [0.25, 0.3) is 0 Å². The Bertz CT molecular complexity index is 355. The second-order valence-corrected chi connectivity index (χ2v) is 6.75. The van der Waals surface area contributed by atoms with Gasteiger partial charge in [-0.1, -0.05) is 0 Å². The Hall–Kier alpha value is -0.650. The van der Waals surface area contributed by atoms with Crippen LogP contribution in [0, 0.1) is 11.8 Å². The second kappa shape index (κ2) is 6.00. The maximum atomic E-state index is 11.6. The molecule has 5 unspecified atom stereocenters. The van der Waals surface area contributed by atoms with Crippen LogP contribution < -0.4 is 5.32 Å². The van der Waals surface area contributed by atoms with Gasteiger partial charge in [-0.3, -0.25) is 9.69 Å². The SMILES string of the molecule is O=C1CCCC(C2CC(CO)C3CC(O)CCN3C2)N1. The van der Waals surface area contributed by atoms with E-state index >= 15 is 0 Å². The van der Waals surface area contributed by atoms with Gasteiger partial charge in [0.15, 0.2) is 0 Å².